The molecule has 0 saturated heterocycles. The molecule has 0 bridgehead atoms. The Bertz CT molecular complexity index is 541. The maximum Gasteiger partial charge on any atom is 0.408 e. The molecule has 116 valence electrons. The molecule has 0 heterocycles. The molecular weight excluding hydrogens is 284 g/mol. The standard InChI is InChI=1S/C14H17F2NO4/c1-14(2,3)21-13(19)17-10(7-18)12-9(16)5-8(15)6-11(12)20-4/h5-7,10H,1-4H3,(H,17,19). The van der Waals surface area contributed by atoms with E-state index < -0.39 is 29.4 Å². The lowest BCUT2D eigenvalue weighted by Crippen LogP contribution is -2.36. The van der Waals surface area contributed by atoms with Gasteiger partial charge < -0.3 is 19.6 Å². The number of methoxy groups -OCH3 is 1. The van der Waals surface area contributed by atoms with Crippen molar-refractivity contribution in [1.82, 2.24) is 5.32 Å². The summed E-state index contributed by atoms with van der Waals surface area (Å²) in [5, 5.41) is 2.20. The molecule has 1 aromatic rings. The average molecular weight is 301 g/mol. The summed E-state index contributed by atoms with van der Waals surface area (Å²) in [6.07, 6.45) is -0.590. The van der Waals surface area contributed by atoms with Crippen molar-refractivity contribution in [3.63, 3.8) is 0 Å². The first-order valence-electron chi connectivity index (χ1n) is 6.15. The monoisotopic (exact) mass is 301 g/mol. The summed E-state index contributed by atoms with van der Waals surface area (Å²) in [6.45, 7) is 4.92. The number of alkyl carbamates (subject to hydrolysis) is 1. The first-order valence-corrected chi connectivity index (χ1v) is 6.15. The number of ether oxygens (including phenoxy) is 2. The minimum absolute atomic E-state index is 0.180. The average Bonchev–Trinajstić information content (AvgIpc) is 2.33. The fourth-order valence-electron chi connectivity index (χ4n) is 1.64. The lowest BCUT2D eigenvalue weighted by atomic mass is 10.1. The third kappa shape index (κ3) is 4.70. The predicted molar refractivity (Wildman–Crippen MR) is 71.1 cm³/mol. The van der Waals surface area contributed by atoms with Crippen molar-refractivity contribution in [2.24, 2.45) is 0 Å². The van der Waals surface area contributed by atoms with Gasteiger partial charge in [-0.1, -0.05) is 0 Å². The molecule has 1 unspecified atom stereocenters. The Morgan fingerprint density at radius 3 is 2.43 bits per heavy atom. The summed E-state index contributed by atoms with van der Waals surface area (Å²) >= 11 is 0. The van der Waals surface area contributed by atoms with E-state index in [-0.39, 0.29) is 11.3 Å². The van der Waals surface area contributed by atoms with Crippen molar-refractivity contribution in [1.29, 1.82) is 0 Å². The molecule has 0 spiro atoms. The van der Waals surface area contributed by atoms with Crippen molar-refractivity contribution in [3.05, 3.63) is 29.3 Å². The lowest BCUT2D eigenvalue weighted by molar-refractivity contribution is -0.109. The number of rotatable bonds is 4. The summed E-state index contributed by atoms with van der Waals surface area (Å²) in [7, 11) is 1.20. The van der Waals surface area contributed by atoms with Gasteiger partial charge in [0, 0.05) is 12.1 Å². The van der Waals surface area contributed by atoms with Crippen LogP contribution in [0.25, 0.3) is 0 Å². The van der Waals surface area contributed by atoms with Gasteiger partial charge in [0.15, 0.2) is 0 Å². The number of carbonyl (C=O) groups excluding carboxylic acids is 2. The number of halogens is 2. The summed E-state index contributed by atoms with van der Waals surface area (Å²) in [6, 6.07) is 0.173. The minimum atomic E-state index is -1.35. The quantitative estimate of drug-likeness (QED) is 0.869. The highest BCUT2D eigenvalue weighted by Crippen LogP contribution is 2.28. The summed E-state index contributed by atoms with van der Waals surface area (Å²) < 4.78 is 36.8. The Morgan fingerprint density at radius 2 is 1.95 bits per heavy atom. The van der Waals surface area contributed by atoms with E-state index in [0.717, 1.165) is 6.07 Å². The number of hydrogen-bond donors (Lipinski definition) is 1. The molecule has 0 saturated carbocycles. The van der Waals surface area contributed by atoms with Crippen LogP contribution in [-0.4, -0.2) is 25.1 Å². The minimum Gasteiger partial charge on any atom is -0.496 e. The molecule has 0 aliphatic carbocycles. The number of hydrogen-bond acceptors (Lipinski definition) is 4. The number of carbonyl (C=O) groups is 2. The van der Waals surface area contributed by atoms with Crippen LogP contribution in [0, 0.1) is 11.6 Å². The largest absolute Gasteiger partial charge is 0.496 e. The Morgan fingerprint density at radius 1 is 1.33 bits per heavy atom. The first kappa shape index (κ1) is 16.9. The summed E-state index contributed by atoms with van der Waals surface area (Å²) in [5.74, 6) is -2.03. The van der Waals surface area contributed by atoms with Crippen LogP contribution in [0.1, 0.15) is 32.4 Å². The molecule has 0 aliphatic rings. The summed E-state index contributed by atoms with van der Waals surface area (Å²) in [4.78, 5) is 22.8. The van der Waals surface area contributed by atoms with Crippen LogP contribution in [-0.2, 0) is 9.53 Å². The van der Waals surface area contributed by atoms with Gasteiger partial charge in [-0.2, -0.15) is 0 Å². The molecule has 1 aromatic carbocycles. The van der Waals surface area contributed by atoms with Gasteiger partial charge in [-0.15, -0.1) is 0 Å². The number of amides is 1. The molecule has 1 amide bonds. The van der Waals surface area contributed by atoms with E-state index in [4.69, 9.17) is 9.47 Å². The number of nitrogens with one attached hydrogen (secondary N) is 1. The molecule has 1 rings (SSSR count). The smallest absolute Gasteiger partial charge is 0.408 e. The maximum atomic E-state index is 13.9. The van der Waals surface area contributed by atoms with Crippen LogP contribution >= 0.6 is 0 Å². The van der Waals surface area contributed by atoms with Crippen molar-refractivity contribution >= 4 is 12.4 Å². The Kier molecular flexibility index (Phi) is 5.23. The van der Waals surface area contributed by atoms with Crippen molar-refractivity contribution < 1.29 is 27.8 Å². The van der Waals surface area contributed by atoms with Gasteiger partial charge in [0.1, 0.15) is 35.3 Å². The van der Waals surface area contributed by atoms with Gasteiger partial charge in [-0.25, -0.2) is 13.6 Å². The fourth-order valence-corrected chi connectivity index (χ4v) is 1.64. The van der Waals surface area contributed by atoms with Crippen molar-refractivity contribution in [2.75, 3.05) is 7.11 Å². The Labute approximate surface area is 121 Å². The maximum absolute atomic E-state index is 13.9. The topological polar surface area (TPSA) is 64.6 Å². The molecule has 1 N–H and O–H groups in total. The van der Waals surface area contributed by atoms with Gasteiger partial charge in [0.25, 0.3) is 0 Å². The zero-order chi connectivity index (χ0) is 16.2. The third-order valence-corrected chi connectivity index (χ3v) is 2.40. The van der Waals surface area contributed by atoms with Gasteiger partial charge in [-0.05, 0) is 20.8 Å². The molecule has 0 aromatic heterocycles. The van der Waals surface area contributed by atoms with Crippen LogP contribution in [0.2, 0.25) is 0 Å². The Hall–Kier alpha value is -2.18. The molecule has 1 atom stereocenters. The van der Waals surface area contributed by atoms with E-state index in [1.54, 1.807) is 20.8 Å². The van der Waals surface area contributed by atoms with E-state index in [2.05, 4.69) is 5.32 Å². The number of benzene rings is 1. The normalized spacial score (nSPS) is 12.5. The van der Waals surface area contributed by atoms with Crippen molar-refractivity contribution in [3.8, 4) is 5.75 Å². The molecule has 7 heteroatoms. The highest BCUT2D eigenvalue weighted by Gasteiger charge is 2.25. The molecule has 5 nitrogen and oxygen atoms in total. The van der Waals surface area contributed by atoms with Crippen LogP contribution in [0.15, 0.2) is 12.1 Å². The second-order valence-corrected chi connectivity index (χ2v) is 5.26. The van der Waals surface area contributed by atoms with E-state index in [1.165, 1.54) is 7.11 Å². The molecule has 0 fully saturated rings. The fraction of sp³-hybridized carbons (Fsp3) is 0.429. The van der Waals surface area contributed by atoms with Gasteiger partial charge >= 0.3 is 6.09 Å². The molecule has 0 aliphatic heterocycles. The second-order valence-electron chi connectivity index (χ2n) is 5.26. The highest BCUT2D eigenvalue weighted by molar-refractivity contribution is 5.75. The first-order chi connectivity index (χ1) is 9.67. The SMILES string of the molecule is COc1cc(F)cc(F)c1C(C=O)NC(=O)OC(C)(C)C. The second kappa shape index (κ2) is 6.51. The summed E-state index contributed by atoms with van der Waals surface area (Å²) in [5.41, 5.74) is -1.04. The van der Waals surface area contributed by atoms with Crippen LogP contribution in [0.5, 0.6) is 5.75 Å². The molecule has 0 radical (unpaired) electrons. The van der Waals surface area contributed by atoms with E-state index in [0.29, 0.717) is 12.4 Å². The van der Waals surface area contributed by atoms with Gasteiger partial charge in [0.05, 0.1) is 12.7 Å². The predicted octanol–water partition coefficient (Wildman–Crippen LogP) is 2.74. The number of aldehydes is 1. The zero-order valence-corrected chi connectivity index (χ0v) is 12.2. The molecule has 21 heavy (non-hydrogen) atoms. The van der Waals surface area contributed by atoms with E-state index in [1.807, 2.05) is 0 Å². The third-order valence-electron chi connectivity index (χ3n) is 2.40. The van der Waals surface area contributed by atoms with Gasteiger partial charge in [-0.3, -0.25) is 0 Å². The lowest BCUT2D eigenvalue weighted by Gasteiger charge is -2.22. The van der Waals surface area contributed by atoms with Crippen LogP contribution < -0.4 is 10.1 Å². The highest BCUT2D eigenvalue weighted by atomic mass is 19.1. The van der Waals surface area contributed by atoms with Crippen LogP contribution in [0.3, 0.4) is 0 Å². The van der Waals surface area contributed by atoms with E-state index in [9.17, 15) is 18.4 Å². The molecular formula is C14H17F2NO4. The Balaban J connectivity index is 3.06. The zero-order valence-electron chi connectivity index (χ0n) is 12.2. The van der Waals surface area contributed by atoms with Crippen LogP contribution in [0.4, 0.5) is 13.6 Å². The van der Waals surface area contributed by atoms with Crippen molar-refractivity contribution in [2.45, 2.75) is 32.4 Å². The van der Waals surface area contributed by atoms with E-state index >= 15 is 0 Å². The van der Waals surface area contributed by atoms with Gasteiger partial charge in [0.2, 0.25) is 0 Å².